The van der Waals surface area contributed by atoms with Gasteiger partial charge < -0.3 is 49.6 Å². The van der Waals surface area contributed by atoms with Gasteiger partial charge in [0.05, 0.1) is 19.3 Å². The molecule has 0 aliphatic carbocycles. The molecular weight excluding hydrogens is 328 g/mol. The number of hydrogen-bond donors (Lipinski definition) is 6. The number of rotatable bonds is 5. The molecule has 10 heteroatoms. The Bertz CT molecular complexity index is 392. The predicted molar refractivity (Wildman–Crippen MR) is 76.9 cm³/mol. The number of hydrogen-bond acceptors (Lipinski definition) is 10. The molecule has 2 fully saturated rings. The Labute approximate surface area is 139 Å². The van der Waals surface area contributed by atoms with Gasteiger partial charge in [0.25, 0.3) is 0 Å². The lowest BCUT2D eigenvalue weighted by Crippen LogP contribution is -2.64. The minimum Gasteiger partial charge on any atom is -0.394 e. The zero-order valence-electron chi connectivity index (χ0n) is 13.5. The van der Waals surface area contributed by atoms with Gasteiger partial charge in [0, 0.05) is 7.11 Å². The Morgan fingerprint density at radius 3 is 1.88 bits per heavy atom. The summed E-state index contributed by atoms with van der Waals surface area (Å²) < 4.78 is 21.2. The summed E-state index contributed by atoms with van der Waals surface area (Å²) in [5.74, 6) is 0. The van der Waals surface area contributed by atoms with Crippen LogP contribution in [0.4, 0.5) is 0 Å². The van der Waals surface area contributed by atoms with Crippen molar-refractivity contribution in [1.82, 2.24) is 0 Å². The van der Waals surface area contributed by atoms with Crippen molar-refractivity contribution in [3.63, 3.8) is 0 Å². The van der Waals surface area contributed by atoms with Crippen LogP contribution in [0, 0.1) is 0 Å². The van der Waals surface area contributed by atoms with Gasteiger partial charge in [0.2, 0.25) is 0 Å². The third kappa shape index (κ3) is 3.73. The van der Waals surface area contributed by atoms with Crippen molar-refractivity contribution in [1.29, 1.82) is 0 Å². The standard InChI is InChI=1S/C14H26O10/c1-5-8(17)9(18)13(7(4-16)22-5)24-14-11(20)10(19)12(21-2)6(3-15)23-14/h5-20H,3-4H2,1-2H3/t5-,6?,7-,8?,9?,10?,11-,12+,13+,14-/m0/s1. The van der Waals surface area contributed by atoms with E-state index < -0.39 is 74.4 Å². The Morgan fingerprint density at radius 2 is 1.33 bits per heavy atom. The van der Waals surface area contributed by atoms with Crippen LogP contribution in [0.2, 0.25) is 0 Å². The lowest BCUT2D eigenvalue weighted by atomic mass is 9.95. The number of aliphatic hydroxyl groups excluding tert-OH is 6. The predicted octanol–water partition coefficient (Wildman–Crippen LogP) is -3.67. The molecule has 10 nitrogen and oxygen atoms in total. The van der Waals surface area contributed by atoms with Crippen molar-refractivity contribution in [2.75, 3.05) is 20.3 Å². The highest BCUT2D eigenvalue weighted by molar-refractivity contribution is 4.95. The zero-order chi connectivity index (χ0) is 18.0. The first-order valence-electron chi connectivity index (χ1n) is 7.78. The van der Waals surface area contributed by atoms with E-state index in [0.29, 0.717) is 0 Å². The van der Waals surface area contributed by atoms with E-state index in [9.17, 15) is 30.6 Å². The third-order valence-electron chi connectivity index (χ3n) is 4.49. The number of aliphatic hydroxyl groups is 6. The molecule has 4 unspecified atom stereocenters. The largest absolute Gasteiger partial charge is 0.394 e. The van der Waals surface area contributed by atoms with Crippen molar-refractivity contribution in [3.05, 3.63) is 0 Å². The van der Waals surface area contributed by atoms with Crippen molar-refractivity contribution in [2.24, 2.45) is 0 Å². The van der Waals surface area contributed by atoms with E-state index in [4.69, 9.17) is 18.9 Å². The second kappa shape index (κ2) is 8.32. The van der Waals surface area contributed by atoms with E-state index in [-0.39, 0.29) is 0 Å². The molecule has 0 radical (unpaired) electrons. The van der Waals surface area contributed by atoms with Crippen LogP contribution in [-0.4, -0.2) is 112 Å². The summed E-state index contributed by atoms with van der Waals surface area (Å²) in [5, 5.41) is 59.0. The summed E-state index contributed by atoms with van der Waals surface area (Å²) in [6.45, 7) is 0.552. The molecule has 24 heavy (non-hydrogen) atoms. The van der Waals surface area contributed by atoms with Gasteiger partial charge in [-0.15, -0.1) is 0 Å². The molecule has 0 bridgehead atoms. The maximum atomic E-state index is 10.2. The van der Waals surface area contributed by atoms with Gasteiger partial charge >= 0.3 is 0 Å². The second-order valence-corrected chi connectivity index (χ2v) is 6.05. The second-order valence-electron chi connectivity index (χ2n) is 6.05. The fourth-order valence-electron chi connectivity index (χ4n) is 3.05. The molecule has 0 amide bonds. The van der Waals surface area contributed by atoms with Crippen LogP contribution in [0.3, 0.4) is 0 Å². The van der Waals surface area contributed by atoms with E-state index >= 15 is 0 Å². The van der Waals surface area contributed by atoms with Crippen LogP contribution >= 0.6 is 0 Å². The normalized spacial score (nSPS) is 50.0. The molecule has 0 aromatic heterocycles. The first kappa shape index (κ1) is 19.9. The fraction of sp³-hybridized carbons (Fsp3) is 1.00. The van der Waals surface area contributed by atoms with Crippen LogP contribution in [0.25, 0.3) is 0 Å². The van der Waals surface area contributed by atoms with Crippen LogP contribution in [0.15, 0.2) is 0 Å². The van der Waals surface area contributed by atoms with Crippen molar-refractivity contribution in [3.8, 4) is 0 Å². The van der Waals surface area contributed by atoms with Crippen molar-refractivity contribution in [2.45, 2.75) is 68.1 Å². The molecular formula is C14H26O10. The summed E-state index contributed by atoms with van der Waals surface area (Å²) in [7, 11) is 1.30. The van der Waals surface area contributed by atoms with Gasteiger partial charge in [-0.05, 0) is 6.92 Å². The van der Waals surface area contributed by atoms with Crippen molar-refractivity contribution < 1.29 is 49.6 Å². The Kier molecular flexibility index (Phi) is 6.90. The van der Waals surface area contributed by atoms with Crippen molar-refractivity contribution >= 4 is 0 Å². The molecule has 0 spiro atoms. The van der Waals surface area contributed by atoms with Crippen LogP contribution < -0.4 is 0 Å². The zero-order valence-corrected chi connectivity index (χ0v) is 13.5. The monoisotopic (exact) mass is 354 g/mol. The summed E-state index contributed by atoms with van der Waals surface area (Å²) in [6, 6.07) is 0. The fourth-order valence-corrected chi connectivity index (χ4v) is 3.05. The van der Waals surface area contributed by atoms with Gasteiger partial charge in [-0.25, -0.2) is 0 Å². The minimum atomic E-state index is -1.53. The summed E-state index contributed by atoms with van der Waals surface area (Å²) >= 11 is 0. The molecule has 2 aliphatic heterocycles. The quantitative estimate of drug-likeness (QED) is 0.290. The molecule has 2 heterocycles. The highest BCUT2D eigenvalue weighted by Gasteiger charge is 2.50. The van der Waals surface area contributed by atoms with Crippen LogP contribution in [0.5, 0.6) is 0 Å². The molecule has 2 saturated heterocycles. The summed E-state index contributed by atoms with van der Waals surface area (Å²) in [6.07, 6.45) is -11.8. The molecule has 10 atom stereocenters. The van der Waals surface area contributed by atoms with Gasteiger partial charge in [0.15, 0.2) is 6.29 Å². The highest BCUT2D eigenvalue weighted by Crippen LogP contribution is 2.29. The molecule has 0 saturated carbocycles. The molecule has 6 N–H and O–H groups in total. The summed E-state index contributed by atoms with van der Waals surface area (Å²) in [4.78, 5) is 0. The first-order chi connectivity index (χ1) is 11.3. The molecule has 0 aromatic carbocycles. The average Bonchev–Trinajstić information content (AvgIpc) is 2.58. The van der Waals surface area contributed by atoms with E-state index in [1.165, 1.54) is 14.0 Å². The maximum absolute atomic E-state index is 10.2. The topological polar surface area (TPSA) is 158 Å². The Balaban J connectivity index is 2.12. The third-order valence-corrected chi connectivity index (χ3v) is 4.49. The van der Waals surface area contributed by atoms with E-state index in [1.54, 1.807) is 0 Å². The molecule has 0 aromatic rings. The summed E-state index contributed by atoms with van der Waals surface area (Å²) in [5.41, 5.74) is 0. The minimum absolute atomic E-state index is 0.491. The molecule has 2 rings (SSSR count). The van der Waals surface area contributed by atoms with Gasteiger partial charge in [0.1, 0.15) is 48.8 Å². The number of methoxy groups -OCH3 is 1. The Hall–Kier alpha value is -0.400. The Morgan fingerprint density at radius 1 is 0.792 bits per heavy atom. The van der Waals surface area contributed by atoms with E-state index in [0.717, 1.165) is 0 Å². The van der Waals surface area contributed by atoms with Gasteiger partial charge in [-0.3, -0.25) is 0 Å². The van der Waals surface area contributed by atoms with Gasteiger partial charge in [-0.2, -0.15) is 0 Å². The average molecular weight is 354 g/mol. The molecule has 2 aliphatic rings. The lowest BCUT2D eigenvalue weighted by molar-refractivity contribution is -0.343. The molecule has 142 valence electrons. The van der Waals surface area contributed by atoms with Crippen LogP contribution in [0.1, 0.15) is 6.92 Å². The maximum Gasteiger partial charge on any atom is 0.187 e. The van der Waals surface area contributed by atoms with E-state index in [2.05, 4.69) is 0 Å². The number of ether oxygens (including phenoxy) is 4. The smallest absolute Gasteiger partial charge is 0.187 e. The van der Waals surface area contributed by atoms with Crippen LogP contribution in [-0.2, 0) is 18.9 Å². The SMILES string of the molecule is CO[C@@H]1C(CO)O[C@@H](O[C@H]2C(O)C(O)[C@H](C)O[C@H]2CO)[C@@H](O)C1O. The lowest BCUT2D eigenvalue weighted by Gasteiger charge is -2.46. The van der Waals surface area contributed by atoms with E-state index in [1.807, 2.05) is 0 Å². The first-order valence-corrected chi connectivity index (χ1v) is 7.78. The highest BCUT2D eigenvalue weighted by atomic mass is 16.7. The van der Waals surface area contributed by atoms with Gasteiger partial charge in [-0.1, -0.05) is 0 Å².